The second-order valence-corrected chi connectivity index (χ2v) is 2.85. The molecule has 1 unspecified atom stereocenters. The fraction of sp³-hybridized carbons (Fsp3) is 0.545. The number of nitrogens with zero attached hydrogens (tertiary/aromatic N) is 1. The zero-order valence-electron chi connectivity index (χ0n) is 8.86. The van der Waals surface area contributed by atoms with Crippen LogP contribution in [-0.4, -0.2) is 24.7 Å². The molecule has 0 bridgehead atoms. The minimum absolute atomic E-state index is 0.187. The van der Waals surface area contributed by atoms with Crippen LogP contribution in [0, 0.1) is 0 Å². The van der Waals surface area contributed by atoms with Gasteiger partial charge in [0.15, 0.2) is 0 Å². The van der Waals surface area contributed by atoms with Crippen LogP contribution < -0.4 is 5.32 Å². The number of morpholine rings is 1. The normalized spacial score (nSPS) is 20.9. The van der Waals surface area contributed by atoms with Crippen LogP contribution in [0.5, 0.6) is 0 Å². The molecule has 0 aromatic carbocycles. The zero-order chi connectivity index (χ0) is 10.2. The maximum absolute atomic E-state index is 5.56. The van der Waals surface area contributed by atoms with Gasteiger partial charge >= 0.3 is 0 Å². The van der Waals surface area contributed by atoms with Crippen LogP contribution >= 0.6 is 0 Å². The van der Waals surface area contributed by atoms with Gasteiger partial charge in [-0.15, -0.1) is 0 Å². The van der Waals surface area contributed by atoms with Crippen LogP contribution in [0.15, 0.2) is 24.5 Å². The average Bonchev–Trinajstić information content (AvgIpc) is 2.34. The van der Waals surface area contributed by atoms with Gasteiger partial charge in [-0.2, -0.15) is 0 Å². The standard InChI is InChI=1S/C9H12N2O.C2H6/c1-2-8(6-10-3-1)9-7-11-4-5-12-9;1-2/h1-3,6,9,11H,4-5,7H2;1-2H3. The number of rotatable bonds is 1. The molecule has 0 radical (unpaired) electrons. The van der Waals surface area contributed by atoms with Crippen molar-refractivity contribution in [3.05, 3.63) is 30.1 Å². The Balaban J connectivity index is 0.000000461. The van der Waals surface area contributed by atoms with Gasteiger partial charge in [0.2, 0.25) is 0 Å². The molecule has 3 nitrogen and oxygen atoms in total. The van der Waals surface area contributed by atoms with E-state index >= 15 is 0 Å². The number of hydrogen-bond donors (Lipinski definition) is 1. The molecule has 1 atom stereocenters. The Morgan fingerprint density at radius 2 is 2.36 bits per heavy atom. The van der Waals surface area contributed by atoms with Crippen molar-refractivity contribution in [1.82, 2.24) is 10.3 Å². The maximum atomic E-state index is 5.56. The summed E-state index contributed by atoms with van der Waals surface area (Å²) in [4.78, 5) is 4.05. The van der Waals surface area contributed by atoms with Gasteiger partial charge < -0.3 is 10.1 Å². The molecule has 1 aromatic heterocycles. The number of hydrogen-bond acceptors (Lipinski definition) is 3. The van der Waals surface area contributed by atoms with Crippen molar-refractivity contribution in [3.8, 4) is 0 Å². The molecule has 0 saturated carbocycles. The van der Waals surface area contributed by atoms with Crippen molar-refractivity contribution in [1.29, 1.82) is 0 Å². The molecule has 0 aliphatic carbocycles. The van der Waals surface area contributed by atoms with E-state index in [9.17, 15) is 0 Å². The van der Waals surface area contributed by atoms with Crippen molar-refractivity contribution in [2.45, 2.75) is 20.0 Å². The van der Waals surface area contributed by atoms with Crippen LogP contribution in [0.4, 0.5) is 0 Å². The Hall–Kier alpha value is -0.930. The van der Waals surface area contributed by atoms with Crippen molar-refractivity contribution >= 4 is 0 Å². The molecular weight excluding hydrogens is 176 g/mol. The van der Waals surface area contributed by atoms with E-state index < -0.39 is 0 Å². The van der Waals surface area contributed by atoms with Crippen LogP contribution in [0.25, 0.3) is 0 Å². The Bertz CT molecular complexity index is 232. The number of nitrogens with one attached hydrogen (secondary N) is 1. The Labute approximate surface area is 85.5 Å². The second kappa shape index (κ2) is 6.51. The fourth-order valence-corrected chi connectivity index (χ4v) is 1.35. The summed E-state index contributed by atoms with van der Waals surface area (Å²) in [5.74, 6) is 0. The van der Waals surface area contributed by atoms with Crippen LogP contribution in [0.2, 0.25) is 0 Å². The molecule has 3 heteroatoms. The van der Waals surface area contributed by atoms with Gasteiger partial charge in [-0.25, -0.2) is 0 Å². The molecule has 1 fully saturated rings. The highest BCUT2D eigenvalue weighted by Gasteiger charge is 2.14. The summed E-state index contributed by atoms with van der Waals surface area (Å²) in [6.45, 7) is 6.64. The Morgan fingerprint density at radius 3 is 2.93 bits per heavy atom. The Morgan fingerprint density at radius 1 is 1.50 bits per heavy atom. The molecule has 0 spiro atoms. The molecule has 2 rings (SSSR count). The molecule has 2 heterocycles. The SMILES string of the molecule is CC.c1cncc(C2CNCCO2)c1. The molecule has 1 aliphatic rings. The first-order chi connectivity index (χ1) is 6.97. The van der Waals surface area contributed by atoms with E-state index in [4.69, 9.17) is 4.74 Å². The third-order valence-electron chi connectivity index (χ3n) is 1.98. The van der Waals surface area contributed by atoms with E-state index in [1.54, 1.807) is 6.20 Å². The van der Waals surface area contributed by atoms with Crippen LogP contribution in [0.3, 0.4) is 0 Å². The highest BCUT2D eigenvalue weighted by molar-refractivity contribution is 5.12. The van der Waals surface area contributed by atoms with E-state index in [1.807, 2.05) is 32.2 Å². The van der Waals surface area contributed by atoms with Gasteiger partial charge in [-0.3, -0.25) is 4.98 Å². The van der Waals surface area contributed by atoms with E-state index in [1.165, 1.54) is 0 Å². The molecule has 0 amide bonds. The lowest BCUT2D eigenvalue weighted by molar-refractivity contribution is 0.0275. The van der Waals surface area contributed by atoms with Gasteiger partial charge in [0.25, 0.3) is 0 Å². The van der Waals surface area contributed by atoms with E-state index in [0.29, 0.717) is 0 Å². The lowest BCUT2D eigenvalue weighted by atomic mass is 10.1. The fourth-order valence-electron chi connectivity index (χ4n) is 1.35. The lowest BCUT2D eigenvalue weighted by Crippen LogP contribution is -2.33. The topological polar surface area (TPSA) is 34.2 Å². The van der Waals surface area contributed by atoms with Crippen LogP contribution in [-0.2, 0) is 4.74 Å². The first kappa shape index (κ1) is 11.1. The van der Waals surface area contributed by atoms with Gasteiger partial charge in [-0.1, -0.05) is 19.9 Å². The second-order valence-electron chi connectivity index (χ2n) is 2.85. The van der Waals surface area contributed by atoms with Crippen molar-refractivity contribution in [2.75, 3.05) is 19.7 Å². The average molecular weight is 194 g/mol. The maximum Gasteiger partial charge on any atom is 0.0964 e. The smallest absolute Gasteiger partial charge is 0.0964 e. The Kier molecular flexibility index (Phi) is 5.19. The van der Waals surface area contributed by atoms with Gasteiger partial charge in [0.05, 0.1) is 12.7 Å². The summed E-state index contributed by atoms with van der Waals surface area (Å²) >= 11 is 0. The summed E-state index contributed by atoms with van der Waals surface area (Å²) in [6, 6.07) is 3.98. The number of aromatic nitrogens is 1. The van der Waals surface area contributed by atoms with Gasteiger partial charge in [0, 0.05) is 31.0 Å². The van der Waals surface area contributed by atoms with E-state index in [-0.39, 0.29) is 6.10 Å². The summed E-state index contributed by atoms with van der Waals surface area (Å²) in [5.41, 5.74) is 1.16. The van der Waals surface area contributed by atoms with Crippen LogP contribution in [0.1, 0.15) is 25.5 Å². The minimum Gasteiger partial charge on any atom is -0.371 e. The summed E-state index contributed by atoms with van der Waals surface area (Å²) in [7, 11) is 0. The number of pyridine rings is 1. The molecule has 78 valence electrons. The summed E-state index contributed by atoms with van der Waals surface area (Å²) < 4.78 is 5.56. The molecule has 1 N–H and O–H groups in total. The monoisotopic (exact) mass is 194 g/mol. The largest absolute Gasteiger partial charge is 0.371 e. The first-order valence-electron chi connectivity index (χ1n) is 5.19. The number of ether oxygens (including phenoxy) is 1. The third kappa shape index (κ3) is 3.09. The molecular formula is C11H18N2O. The third-order valence-corrected chi connectivity index (χ3v) is 1.98. The summed E-state index contributed by atoms with van der Waals surface area (Å²) in [6.07, 6.45) is 3.82. The van der Waals surface area contributed by atoms with Gasteiger partial charge in [0.1, 0.15) is 0 Å². The lowest BCUT2D eigenvalue weighted by Gasteiger charge is -2.23. The van der Waals surface area contributed by atoms with E-state index in [0.717, 1.165) is 25.3 Å². The first-order valence-corrected chi connectivity index (χ1v) is 5.19. The summed E-state index contributed by atoms with van der Waals surface area (Å²) in [5, 5.41) is 3.28. The highest BCUT2D eigenvalue weighted by atomic mass is 16.5. The molecule has 14 heavy (non-hydrogen) atoms. The van der Waals surface area contributed by atoms with Gasteiger partial charge in [-0.05, 0) is 6.07 Å². The van der Waals surface area contributed by atoms with Crippen molar-refractivity contribution in [3.63, 3.8) is 0 Å². The quantitative estimate of drug-likeness (QED) is 0.739. The molecule has 1 aliphatic heterocycles. The predicted molar refractivity (Wildman–Crippen MR) is 57.1 cm³/mol. The van der Waals surface area contributed by atoms with Crippen molar-refractivity contribution < 1.29 is 4.74 Å². The minimum atomic E-state index is 0.187. The predicted octanol–water partition coefficient (Wildman–Crippen LogP) is 1.77. The van der Waals surface area contributed by atoms with Crippen molar-refractivity contribution in [2.24, 2.45) is 0 Å². The molecule has 1 saturated heterocycles. The van der Waals surface area contributed by atoms with E-state index in [2.05, 4.69) is 10.3 Å². The highest BCUT2D eigenvalue weighted by Crippen LogP contribution is 2.16. The molecule has 1 aromatic rings. The zero-order valence-corrected chi connectivity index (χ0v) is 8.86.